The van der Waals surface area contributed by atoms with Crippen LogP contribution in [0.15, 0.2) is 34.4 Å². The molecule has 0 saturated carbocycles. The van der Waals surface area contributed by atoms with Crippen molar-refractivity contribution in [1.29, 1.82) is 0 Å². The second-order valence-electron chi connectivity index (χ2n) is 10.2. The van der Waals surface area contributed by atoms with Gasteiger partial charge in [0.1, 0.15) is 11.3 Å². The van der Waals surface area contributed by atoms with Gasteiger partial charge in [-0.05, 0) is 52.7 Å². The number of aromatic nitrogens is 2. The molecule has 44 heavy (non-hydrogen) atoms. The van der Waals surface area contributed by atoms with Crippen LogP contribution in [0.25, 0.3) is 10.2 Å². The molecule has 2 aromatic heterocycles. The molecule has 5 rings (SSSR count). The van der Waals surface area contributed by atoms with Gasteiger partial charge in [0.05, 0.1) is 43.6 Å². The summed E-state index contributed by atoms with van der Waals surface area (Å²) in [6, 6.07) is 4.21. The summed E-state index contributed by atoms with van der Waals surface area (Å²) in [4.78, 5) is 26.2. The monoisotopic (exact) mass is 730 g/mol. The van der Waals surface area contributed by atoms with Crippen LogP contribution >= 0.6 is 50.5 Å². The maximum absolute atomic E-state index is 14.2. The van der Waals surface area contributed by atoms with E-state index in [-0.39, 0.29) is 44.9 Å². The van der Waals surface area contributed by atoms with Crippen LogP contribution in [-0.2, 0) is 12.7 Å². The van der Waals surface area contributed by atoms with Gasteiger partial charge in [0.25, 0.3) is 5.91 Å². The number of hydrogen-bond donors (Lipinski definition) is 2. The molecule has 1 aliphatic heterocycles. The minimum Gasteiger partial charge on any atom is -0.494 e. The second-order valence-corrected chi connectivity index (χ2v) is 12.6. The van der Waals surface area contributed by atoms with Crippen LogP contribution in [0.5, 0.6) is 5.75 Å². The summed E-state index contributed by atoms with van der Waals surface area (Å²) in [5, 5.41) is 7.68. The first-order chi connectivity index (χ1) is 20.9. The fraction of sp³-hybridized carbons (Fsp3) is 0.345. The summed E-state index contributed by atoms with van der Waals surface area (Å²) < 4.78 is 48.9. The Morgan fingerprint density at radius 3 is 2.50 bits per heavy atom. The molecular weight excluding hydrogens is 704 g/mol. The van der Waals surface area contributed by atoms with E-state index in [9.17, 15) is 18.0 Å². The second kappa shape index (κ2) is 13.4. The minimum atomic E-state index is -4.54. The quantitative estimate of drug-likeness (QED) is 0.189. The predicted octanol–water partition coefficient (Wildman–Crippen LogP) is 8.23. The van der Waals surface area contributed by atoms with Gasteiger partial charge in [0, 0.05) is 43.8 Å². The number of hydrogen-bond acceptors (Lipinski definition) is 8. The molecule has 15 heteroatoms. The zero-order valence-corrected chi connectivity index (χ0v) is 27.8. The number of amides is 1. The lowest BCUT2D eigenvalue weighted by atomic mass is 10.0. The zero-order valence-electron chi connectivity index (χ0n) is 23.9. The molecule has 0 radical (unpaired) electrons. The molecule has 8 nitrogen and oxygen atoms in total. The van der Waals surface area contributed by atoms with Crippen LogP contribution in [0.2, 0.25) is 10.0 Å². The van der Waals surface area contributed by atoms with Crippen molar-refractivity contribution in [2.24, 2.45) is 0 Å². The van der Waals surface area contributed by atoms with E-state index in [0.29, 0.717) is 39.1 Å². The van der Waals surface area contributed by atoms with E-state index in [1.807, 2.05) is 4.90 Å². The maximum Gasteiger partial charge on any atom is 0.416 e. The van der Waals surface area contributed by atoms with E-state index in [0.717, 1.165) is 25.7 Å². The molecule has 1 amide bonds. The van der Waals surface area contributed by atoms with Crippen molar-refractivity contribution in [2.45, 2.75) is 26.6 Å². The number of alkyl halides is 3. The molecule has 2 aromatic carbocycles. The lowest BCUT2D eigenvalue weighted by Crippen LogP contribution is -2.45. The summed E-state index contributed by atoms with van der Waals surface area (Å²) >= 11 is 17.6. The molecular formula is C29H28BrCl2F3N6O2S. The Hall–Kier alpha value is -2.68. The molecule has 1 aliphatic rings. The summed E-state index contributed by atoms with van der Waals surface area (Å²) in [5.41, 5.74) is 1.06. The van der Waals surface area contributed by atoms with Crippen molar-refractivity contribution in [3.8, 4) is 5.75 Å². The van der Waals surface area contributed by atoms with Crippen LogP contribution in [0.4, 0.5) is 30.4 Å². The van der Waals surface area contributed by atoms with Gasteiger partial charge in [-0.25, -0.2) is 9.97 Å². The van der Waals surface area contributed by atoms with Crippen LogP contribution < -0.4 is 15.4 Å². The Morgan fingerprint density at radius 2 is 1.84 bits per heavy atom. The Bertz CT molecular complexity index is 1710. The predicted molar refractivity (Wildman–Crippen MR) is 173 cm³/mol. The van der Waals surface area contributed by atoms with E-state index in [1.165, 1.54) is 30.8 Å². The normalized spacial score (nSPS) is 14.7. The largest absolute Gasteiger partial charge is 0.494 e. The highest BCUT2D eigenvalue weighted by Gasteiger charge is 2.34. The Morgan fingerprint density at radius 1 is 1.14 bits per heavy atom. The average molecular weight is 732 g/mol. The third-order valence-corrected chi connectivity index (χ3v) is 10.3. The highest BCUT2D eigenvalue weighted by atomic mass is 79.9. The van der Waals surface area contributed by atoms with Crippen LogP contribution in [0.3, 0.4) is 0 Å². The molecule has 4 aromatic rings. The number of rotatable bonds is 8. The number of anilines is 3. The number of halogens is 6. The third kappa shape index (κ3) is 6.63. The fourth-order valence-corrected chi connectivity index (χ4v) is 7.36. The van der Waals surface area contributed by atoms with Crippen molar-refractivity contribution < 1.29 is 22.7 Å². The molecule has 1 fully saturated rings. The van der Waals surface area contributed by atoms with Gasteiger partial charge in [-0.15, -0.1) is 11.3 Å². The Balaban J connectivity index is 1.40. The lowest BCUT2D eigenvalue weighted by molar-refractivity contribution is -0.138. The first-order valence-corrected chi connectivity index (χ1v) is 16.0. The van der Waals surface area contributed by atoms with Crippen molar-refractivity contribution >= 4 is 83.8 Å². The molecule has 0 aliphatic carbocycles. The molecule has 0 unspecified atom stereocenters. The smallest absolute Gasteiger partial charge is 0.416 e. The number of fused-ring (bicyclic) bond motifs is 1. The summed E-state index contributed by atoms with van der Waals surface area (Å²) in [6.45, 7) is 8.06. The number of nitrogens with one attached hydrogen (secondary N) is 2. The summed E-state index contributed by atoms with van der Waals surface area (Å²) in [5.74, 6) is 0.0564. The highest BCUT2D eigenvalue weighted by Crippen LogP contribution is 2.46. The van der Waals surface area contributed by atoms with Crippen molar-refractivity contribution in [3.63, 3.8) is 0 Å². The van der Waals surface area contributed by atoms with Gasteiger partial charge in [0.2, 0.25) is 0 Å². The first-order valence-electron chi connectivity index (χ1n) is 13.6. The average Bonchev–Trinajstić information content (AvgIpc) is 3.44. The Kier molecular flexibility index (Phi) is 9.93. The zero-order chi connectivity index (χ0) is 31.8. The van der Waals surface area contributed by atoms with Crippen molar-refractivity contribution in [2.75, 3.05) is 50.5 Å². The molecule has 0 spiro atoms. The van der Waals surface area contributed by atoms with E-state index < -0.39 is 17.6 Å². The summed E-state index contributed by atoms with van der Waals surface area (Å²) in [7, 11) is 1.45. The standard InChI is InChI=1S/C29H28BrCl2F3N6O2S/c1-4-40-7-9-41(10-8-40)12-16-5-6-17(11-19(16)29(33,34)35)38-27-26-23(36-14-37-27)18(13-44-26)28(42)39-24-21(31)15(2)20(30)25(43-3)22(24)32/h5-6,11,13-14H,4,7-10,12H2,1-3H3,(H,39,42)(H,36,37,38). The Labute approximate surface area is 274 Å². The number of benzene rings is 2. The number of piperazine rings is 1. The number of nitrogens with zero attached hydrogens (tertiary/aromatic N) is 4. The number of likely N-dealkylation sites (N-methyl/N-ethyl adjacent to an activating group) is 1. The van der Waals surface area contributed by atoms with Gasteiger partial charge >= 0.3 is 6.18 Å². The van der Waals surface area contributed by atoms with E-state index in [2.05, 4.69) is 48.4 Å². The SMILES string of the molecule is CCN1CCN(Cc2ccc(Nc3ncnc4c(C(=O)Nc5c(Cl)c(C)c(Br)c(OC)c5Cl)csc34)cc2C(F)(F)F)CC1. The molecule has 0 atom stereocenters. The van der Waals surface area contributed by atoms with Gasteiger partial charge in [-0.1, -0.05) is 36.2 Å². The number of carbonyl (C=O) groups is 1. The molecule has 3 heterocycles. The van der Waals surface area contributed by atoms with Gasteiger partial charge in [0.15, 0.2) is 11.6 Å². The molecule has 234 valence electrons. The molecule has 1 saturated heterocycles. The first kappa shape index (κ1) is 32.7. The van der Waals surface area contributed by atoms with Gasteiger partial charge in [-0.3, -0.25) is 9.69 Å². The topological polar surface area (TPSA) is 82.6 Å². The molecule has 2 N–H and O–H groups in total. The highest BCUT2D eigenvalue weighted by molar-refractivity contribution is 9.10. The number of carbonyl (C=O) groups excluding carboxylic acids is 1. The van der Waals surface area contributed by atoms with Crippen LogP contribution in [0, 0.1) is 6.92 Å². The third-order valence-electron chi connectivity index (χ3n) is 7.52. The van der Waals surface area contributed by atoms with Crippen molar-refractivity contribution in [1.82, 2.24) is 19.8 Å². The number of methoxy groups -OCH3 is 1. The molecule has 0 bridgehead atoms. The van der Waals surface area contributed by atoms with Gasteiger partial charge < -0.3 is 20.3 Å². The van der Waals surface area contributed by atoms with E-state index in [4.69, 9.17) is 27.9 Å². The van der Waals surface area contributed by atoms with E-state index >= 15 is 0 Å². The van der Waals surface area contributed by atoms with Gasteiger partial charge in [-0.2, -0.15) is 13.2 Å². The van der Waals surface area contributed by atoms with Crippen molar-refractivity contribution in [3.05, 3.63) is 66.7 Å². The summed E-state index contributed by atoms with van der Waals surface area (Å²) in [6.07, 6.45) is -3.29. The van der Waals surface area contributed by atoms with E-state index in [1.54, 1.807) is 18.4 Å². The lowest BCUT2D eigenvalue weighted by Gasteiger charge is -2.34. The fourth-order valence-electron chi connectivity index (χ4n) is 5.03. The number of ether oxygens (including phenoxy) is 1. The minimum absolute atomic E-state index is 0.118. The number of thiophene rings is 1. The van der Waals surface area contributed by atoms with Crippen LogP contribution in [0.1, 0.15) is 34.0 Å². The maximum atomic E-state index is 14.2. The van der Waals surface area contributed by atoms with Crippen LogP contribution in [-0.4, -0.2) is 65.5 Å².